The van der Waals surface area contributed by atoms with E-state index < -0.39 is 0 Å². The van der Waals surface area contributed by atoms with Crippen LogP contribution in [0.3, 0.4) is 0 Å². The van der Waals surface area contributed by atoms with Gasteiger partial charge in [-0.3, -0.25) is 0 Å². The standard InChI is InChI=1S/C20H40O/c1-4-5-6-7-8-9-10-11-12-13-16-19(21)18-15-14-17-20(18,2)3/h18-19,21H,4-17H2,1-3H3. The molecule has 0 aliphatic heterocycles. The largest absolute Gasteiger partial charge is 0.393 e. The number of aliphatic hydroxyl groups is 1. The first kappa shape index (κ1) is 19.0. The third-order valence-electron chi connectivity index (χ3n) is 5.66. The third-order valence-corrected chi connectivity index (χ3v) is 5.66. The van der Waals surface area contributed by atoms with Gasteiger partial charge in [-0.25, -0.2) is 0 Å². The van der Waals surface area contributed by atoms with Gasteiger partial charge in [-0.15, -0.1) is 0 Å². The predicted molar refractivity (Wildman–Crippen MR) is 93.6 cm³/mol. The van der Waals surface area contributed by atoms with E-state index in [4.69, 9.17) is 0 Å². The summed E-state index contributed by atoms with van der Waals surface area (Å²) in [5.74, 6) is 0.552. The highest BCUT2D eigenvalue weighted by molar-refractivity contribution is 4.88. The molecule has 1 heteroatoms. The van der Waals surface area contributed by atoms with Crippen LogP contribution in [0, 0.1) is 11.3 Å². The number of hydrogen-bond donors (Lipinski definition) is 1. The maximum atomic E-state index is 10.4. The zero-order valence-electron chi connectivity index (χ0n) is 15.0. The van der Waals surface area contributed by atoms with Crippen molar-refractivity contribution in [3.63, 3.8) is 0 Å². The molecule has 0 radical (unpaired) electrons. The van der Waals surface area contributed by atoms with Gasteiger partial charge in [-0.05, 0) is 30.6 Å². The second kappa shape index (κ2) is 10.6. The molecule has 1 aliphatic rings. The van der Waals surface area contributed by atoms with Crippen LogP contribution in [0.15, 0.2) is 0 Å². The van der Waals surface area contributed by atoms with Crippen LogP contribution in [0.1, 0.15) is 111 Å². The molecule has 2 unspecified atom stereocenters. The molecule has 1 rings (SSSR count). The molecule has 1 fully saturated rings. The zero-order chi connectivity index (χ0) is 15.6. The lowest BCUT2D eigenvalue weighted by Crippen LogP contribution is -2.29. The number of hydrogen-bond acceptors (Lipinski definition) is 1. The Morgan fingerprint density at radius 3 is 1.90 bits per heavy atom. The first-order chi connectivity index (χ1) is 10.1. The SMILES string of the molecule is CCCCCCCCCCCCC(O)C1CCCC1(C)C. The molecule has 0 aromatic carbocycles. The Hall–Kier alpha value is -0.0400. The highest BCUT2D eigenvalue weighted by atomic mass is 16.3. The molecule has 0 bridgehead atoms. The van der Waals surface area contributed by atoms with E-state index in [9.17, 15) is 5.11 Å². The van der Waals surface area contributed by atoms with Crippen molar-refractivity contribution in [2.24, 2.45) is 11.3 Å². The van der Waals surface area contributed by atoms with E-state index in [0.29, 0.717) is 11.3 Å². The molecule has 1 aliphatic carbocycles. The van der Waals surface area contributed by atoms with Crippen LogP contribution < -0.4 is 0 Å². The van der Waals surface area contributed by atoms with E-state index in [1.807, 2.05) is 0 Å². The van der Waals surface area contributed by atoms with Gasteiger partial charge >= 0.3 is 0 Å². The Kier molecular flexibility index (Phi) is 9.64. The van der Waals surface area contributed by atoms with Gasteiger partial charge < -0.3 is 5.11 Å². The molecule has 1 N–H and O–H groups in total. The number of aliphatic hydroxyl groups excluding tert-OH is 1. The fraction of sp³-hybridized carbons (Fsp3) is 1.00. The smallest absolute Gasteiger partial charge is 0.0573 e. The molecule has 1 saturated carbocycles. The number of rotatable bonds is 12. The summed E-state index contributed by atoms with van der Waals surface area (Å²) in [4.78, 5) is 0. The van der Waals surface area contributed by atoms with Crippen molar-refractivity contribution in [3.05, 3.63) is 0 Å². The van der Waals surface area contributed by atoms with Gasteiger partial charge in [0.05, 0.1) is 6.10 Å². The average molecular weight is 297 g/mol. The lowest BCUT2D eigenvalue weighted by atomic mass is 9.77. The van der Waals surface area contributed by atoms with Crippen LogP contribution in [-0.4, -0.2) is 11.2 Å². The average Bonchev–Trinajstić information content (AvgIpc) is 2.80. The first-order valence-electron chi connectivity index (χ1n) is 9.76. The van der Waals surface area contributed by atoms with Crippen LogP contribution in [0.25, 0.3) is 0 Å². The minimum Gasteiger partial charge on any atom is -0.393 e. The highest BCUT2D eigenvalue weighted by Gasteiger charge is 2.38. The molecule has 21 heavy (non-hydrogen) atoms. The molecule has 0 aromatic heterocycles. The maximum absolute atomic E-state index is 10.4. The van der Waals surface area contributed by atoms with Crippen molar-refractivity contribution in [2.45, 2.75) is 117 Å². The second-order valence-corrected chi connectivity index (χ2v) is 8.03. The molecule has 1 nitrogen and oxygen atoms in total. The summed E-state index contributed by atoms with van der Waals surface area (Å²) in [7, 11) is 0. The van der Waals surface area contributed by atoms with Crippen LogP contribution in [0.4, 0.5) is 0 Å². The van der Waals surface area contributed by atoms with Crippen LogP contribution in [0.2, 0.25) is 0 Å². The lowest BCUT2D eigenvalue weighted by molar-refractivity contribution is 0.0455. The fourth-order valence-corrected chi connectivity index (χ4v) is 4.11. The Labute approximate surface area is 133 Å². The Morgan fingerprint density at radius 2 is 1.43 bits per heavy atom. The van der Waals surface area contributed by atoms with E-state index in [1.54, 1.807) is 0 Å². The summed E-state index contributed by atoms with van der Waals surface area (Å²) in [6.45, 7) is 6.96. The van der Waals surface area contributed by atoms with Crippen molar-refractivity contribution < 1.29 is 5.11 Å². The minimum absolute atomic E-state index is 0.0449. The van der Waals surface area contributed by atoms with Gasteiger partial charge in [0, 0.05) is 0 Å². The zero-order valence-corrected chi connectivity index (χ0v) is 15.0. The topological polar surface area (TPSA) is 20.2 Å². The summed E-state index contributed by atoms with van der Waals surface area (Å²) >= 11 is 0. The fourth-order valence-electron chi connectivity index (χ4n) is 4.11. The summed E-state index contributed by atoms with van der Waals surface area (Å²) in [6, 6.07) is 0. The van der Waals surface area contributed by atoms with E-state index >= 15 is 0 Å². The van der Waals surface area contributed by atoms with Crippen LogP contribution in [-0.2, 0) is 0 Å². The Bertz CT molecular complexity index is 246. The molecule has 0 saturated heterocycles. The summed E-state index contributed by atoms with van der Waals surface area (Å²) in [5, 5.41) is 10.4. The van der Waals surface area contributed by atoms with Crippen molar-refractivity contribution in [1.82, 2.24) is 0 Å². The molecular weight excluding hydrogens is 256 g/mol. The maximum Gasteiger partial charge on any atom is 0.0573 e. The van der Waals surface area contributed by atoms with E-state index in [1.165, 1.54) is 83.5 Å². The Morgan fingerprint density at radius 1 is 0.905 bits per heavy atom. The summed E-state index contributed by atoms with van der Waals surface area (Å²) in [5.41, 5.74) is 0.373. The van der Waals surface area contributed by atoms with Gasteiger partial charge in [-0.2, -0.15) is 0 Å². The predicted octanol–water partition coefficient (Wildman–Crippen LogP) is 6.48. The molecule has 0 aromatic rings. The number of unbranched alkanes of at least 4 members (excludes halogenated alkanes) is 9. The van der Waals surface area contributed by atoms with Crippen molar-refractivity contribution >= 4 is 0 Å². The second-order valence-electron chi connectivity index (χ2n) is 8.03. The molecular formula is C20H40O. The quantitative estimate of drug-likeness (QED) is 0.408. The van der Waals surface area contributed by atoms with Crippen molar-refractivity contribution in [1.29, 1.82) is 0 Å². The normalized spacial score (nSPS) is 22.6. The lowest BCUT2D eigenvalue weighted by Gasteiger charge is -2.31. The highest BCUT2D eigenvalue weighted by Crippen LogP contribution is 2.45. The van der Waals surface area contributed by atoms with E-state index in [2.05, 4.69) is 20.8 Å². The Balaban J connectivity index is 1.92. The molecule has 0 spiro atoms. The minimum atomic E-state index is -0.0449. The van der Waals surface area contributed by atoms with Crippen molar-refractivity contribution in [3.8, 4) is 0 Å². The third kappa shape index (κ3) is 7.68. The molecule has 0 amide bonds. The van der Waals surface area contributed by atoms with Crippen LogP contribution >= 0.6 is 0 Å². The van der Waals surface area contributed by atoms with Gasteiger partial charge in [0.15, 0.2) is 0 Å². The van der Waals surface area contributed by atoms with Gasteiger partial charge in [-0.1, -0.05) is 91.4 Å². The summed E-state index contributed by atoms with van der Waals surface area (Å²) in [6.07, 6.45) is 18.6. The van der Waals surface area contributed by atoms with E-state index in [-0.39, 0.29) is 6.10 Å². The molecule has 0 heterocycles. The monoisotopic (exact) mass is 296 g/mol. The van der Waals surface area contributed by atoms with Gasteiger partial charge in [0.25, 0.3) is 0 Å². The van der Waals surface area contributed by atoms with Crippen molar-refractivity contribution in [2.75, 3.05) is 0 Å². The summed E-state index contributed by atoms with van der Waals surface area (Å²) < 4.78 is 0. The van der Waals surface area contributed by atoms with Gasteiger partial charge in [0.2, 0.25) is 0 Å². The van der Waals surface area contributed by atoms with E-state index in [0.717, 1.165) is 6.42 Å². The molecule has 126 valence electrons. The van der Waals surface area contributed by atoms with Gasteiger partial charge in [0.1, 0.15) is 0 Å². The molecule has 2 atom stereocenters. The van der Waals surface area contributed by atoms with Crippen LogP contribution in [0.5, 0.6) is 0 Å². The first-order valence-corrected chi connectivity index (χ1v) is 9.76.